The van der Waals surface area contributed by atoms with Gasteiger partial charge in [-0.2, -0.15) is 0 Å². The molecule has 0 unspecified atom stereocenters. The van der Waals surface area contributed by atoms with Crippen LogP contribution in [0.5, 0.6) is 0 Å². The third-order valence-corrected chi connectivity index (χ3v) is 4.30. The number of aryl methyl sites for hydroxylation is 1. The third-order valence-electron chi connectivity index (χ3n) is 4.30. The molecule has 1 saturated heterocycles. The number of nitrogens with zero attached hydrogens (tertiary/aromatic N) is 3. The summed E-state index contributed by atoms with van der Waals surface area (Å²) < 4.78 is 18.9. The van der Waals surface area contributed by atoms with Crippen LogP contribution < -0.4 is 4.90 Å². The first kappa shape index (κ1) is 17.8. The number of aromatic nitrogens is 1. The molecule has 136 valence electrons. The first-order chi connectivity index (χ1) is 12.5. The van der Waals surface area contributed by atoms with E-state index in [-0.39, 0.29) is 18.3 Å². The number of rotatable bonds is 4. The van der Waals surface area contributed by atoms with Gasteiger partial charge in [0.15, 0.2) is 6.61 Å². The van der Waals surface area contributed by atoms with E-state index in [0.29, 0.717) is 37.4 Å². The van der Waals surface area contributed by atoms with Crippen molar-refractivity contribution in [1.82, 2.24) is 9.88 Å². The Morgan fingerprint density at radius 1 is 1.12 bits per heavy atom. The fourth-order valence-electron chi connectivity index (χ4n) is 2.80. The van der Waals surface area contributed by atoms with E-state index >= 15 is 0 Å². The van der Waals surface area contributed by atoms with Crippen LogP contribution in [-0.2, 0) is 9.53 Å². The number of carbonyl (C=O) groups excluding carboxylic acids is 2. The highest BCUT2D eigenvalue weighted by Gasteiger charge is 2.23. The summed E-state index contributed by atoms with van der Waals surface area (Å²) in [5.74, 6) is -1.10. The van der Waals surface area contributed by atoms with Crippen LogP contribution in [0.15, 0.2) is 42.6 Å². The maximum atomic E-state index is 13.8. The van der Waals surface area contributed by atoms with Crippen LogP contribution in [-0.4, -0.2) is 54.5 Å². The molecule has 0 atom stereocenters. The molecule has 0 radical (unpaired) electrons. The largest absolute Gasteiger partial charge is 0.452 e. The number of piperazine rings is 1. The molecule has 1 amide bonds. The van der Waals surface area contributed by atoms with E-state index < -0.39 is 5.97 Å². The lowest BCUT2D eigenvalue weighted by molar-refractivity contribution is -0.134. The molecule has 3 rings (SSSR count). The number of amides is 1. The van der Waals surface area contributed by atoms with Gasteiger partial charge in [-0.25, -0.2) is 9.18 Å². The highest BCUT2D eigenvalue weighted by molar-refractivity contribution is 5.91. The standard InChI is InChI=1S/C19H20FN3O3/c1-14-6-7-15(12-21-14)19(25)26-13-18(24)23-10-8-22(9-11-23)17-5-3-2-4-16(17)20/h2-7,12H,8-11,13H2,1H3. The second-order valence-electron chi connectivity index (χ2n) is 6.08. The van der Waals surface area contributed by atoms with Crippen LogP contribution in [0.25, 0.3) is 0 Å². The molecular formula is C19H20FN3O3. The minimum absolute atomic E-state index is 0.258. The van der Waals surface area contributed by atoms with E-state index in [9.17, 15) is 14.0 Å². The number of esters is 1. The van der Waals surface area contributed by atoms with E-state index in [0.717, 1.165) is 5.69 Å². The Balaban J connectivity index is 1.48. The summed E-state index contributed by atoms with van der Waals surface area (Å²) in [6.07, 6.45) is 1.43. The van der Waals surface area contributed by atoms with Gasteiger partial charge in [0.2, 0.25) is 0 Å². The SMILES string of the molecule is Cc1ccc(C(=O)OCC(=O)N2CCN(c3ccccc3F)CC2)cn1. The van der Waals surface area contributed by atoms with E-state index in [1.54, 1.807) is 35.2 Å². The molecule has 0 N–H and O–H groups in total. The smallest absolute Gasteiger partial charge is 0.340 e. The van der Waals surface area contributed by atoms with Crippen molar-refractivity contribution >= 4 is 17.6 Å². The summed E-state index contributed by atoms with van der Waals surface area (Å²) in [5.41, 5.74) is 1.65. The summed E-state index contributed by atoms with van der Waals surface area (Å²) >= 11 is 0. The normalized spacial score (nSPS) is 14.2. The molecule has 7 heteroatoms. The number of anilines is 1. The zero-order valence-electron chi connectivity index (χ0n) is 14.5. The van der Waals surface area contributed by atoms with Gasteiger partial charge in [-0.3, -0.25) is 9.78 Å². The van der Waals surface area contributed by atoms with Crippen molar-refractivity contribution in [3.05, 3.63) is 59.7 Å². The summed E-state index contributed by atoms with van der Waals surface area (Å²) in [5, 5.41) is 0. The maximum absolute atomic E-state index is 13.8. The van der Waals surface area contributed by atoms with Crippen LogP contribution in [0.2, 0.25) is 0 Å². The molecule has 0 bridgehead atoms. The van der Waals surface area contributed by atoms with Crippen molar-refractivity contribution in [2.75, 3.05) is 37.7 Å². The molecule has 2 aromatic rings. The van der Waals surface area contributed by atoms with Crippen molar-refractivity contribution in [2.45, 2.75) is 6.92 Å². The Morgan fingerprint density at radius 2 is 1.85 bits per heavy atom. The van der Waals surface area contributed by atoms with Crippen molar-refractivity contribution in [1.29, 1.82) is 0 Å². The number of hydrogen-bond acceptors (Lipinski definition) is 5. The highest BCUT2D eigenvalue weighted by atomic mass is 19.1. The van der Waals surface area contributed by atoms with Gasteiger partial charge < -0.3 is 14.5 Å². The number of halogens is 1. The number of para-hydroxylation sites is 1. The van der Waals surface area contributed by atoms with Crippen LogP contribution in [0.3, 0.4) is 0 Å². The van der Waals surface area contributed by atoms with E-state index in [4.69, 9.17) is 4.74 Å². The maximum Gasteiger partial charge on any atom is 0.340 e. The number of benzene rings is 1. The minimum Gasteiger partial charge on any atom is -0.452 e. The molecule has 1 aromatic heterocycles. The molecule has 6 nitrogen and oxygen atoms in total. The number of pyridine rings is 1. The Kier molecular flexibility index (Phi) is 5.46. The van der Waals surface area contributed by atoms with Gasteiger partial charge in [-0.15, -0.1) is 0 Å². The molecule has 0 spiro atoms. The van der Waals surface area contributed by atoms with Crippen LogP contribution in [0.4, 0.5) is 10.1 Å². The Bertz CT molecular complexity index is 787. The zero-order valence-corrected chi connectivity index (χ0v) is 14.5. The van der Waals surface area contributed by atoms with Crippen LogP contribution in [0, 0.1) is 12.7 Å². The summed E-state index contributed by atoms with van der Waals surface area (Å²) in [7, 11) is 0. The average molecular weight is 357 g/mol. The van der Waals surface area contributed by atoms with Gasteiger partial charge in [0, 0.05) is 38.1 Å². The monoisotopic (exact) mass is 357 g/mol. The minimum atomic E-state index is -0.573. The van der Waals surface area contributed by atoms with Gasteiger partial charge in [-0.1, -0.05) is 12.1 Å². The first-order valence-corrected chi connectivity index (χ1v) is 8.41. The lowest BCUT2D eigenvalue weighted by Crippen LogP contribution is -2.50. The average Bonchev–Trinajstić information content (AvgIpc) is 2.67. The predicted molar refractivity (Wildman–Crippen MR) is 94.4 cm³/mol. The topological polar surface area (TPSA) is 62.7 Å². The van der Waals surface area contributed by atoms with Gasteiger partial charge in [0.1, 0.15) is 5.82 Å². The van der Waals surface area contributed by atoms with E-state index in [1.165, 1.54) is 12.3 Å². The van der Waals surface area contributed by atoms with Crippen molar-refractivity contribution in [3.63, 3.8) is 0 Å². The first-order valence-electron chi connectivity index (χ1n) is 8.41. The Labute approximate surface area is 151 Å². The van der Waals surface area contributed by atoms with Crippen molar-refractivity contribution < 1.29 is 18.7 Å². The summed E-state index contributed by atoms with van der Waals surface area (Å²) in [4.78, 5) is 31.7. The zero-order chi connectivity index (χ0) is 18.5. The quantitative estimate of drug-likeness (QED) is 0.784. The number of ether oxygens (including phenoxy) is 1. The van der Waals surface area contributed by atoms with E-state index in [1.807, 2.05) is 11.8 Å². The van der Waals surface area contributed by atoms with Gasteiger partial charge in [0.05, 0.1) is 11.3 Å². The molecule has 1 aliphatic heterocycles. The fourth-order valence-corrected chi connectivity index (χ4v) is 2.80. The van der Waals surface area contributed by atoms with Gasteiger partial charge in [0.25, 0.3) is 5.91 Å². The molecule has 26 heavy (non-hydrogen) atoms. The Morgan fingerprint density at radius 3 is 2.50 bits per heavy atom. The highest BCUT2D eigenvalue weighted by Crippen LogP contribution is 2.20. The van der Waals surface area contributed by atoms with Crippen molar-refractivity contribution in [2.24, 2.45) is 0 Å². The third kappa shape index (κ3) is 4.17. The summed E-state index contributed by atoms with van der Waals surface area (Å²) in [6.45, 7) is 3.48. The fraction of sp³-hybridized carbons (Fsp3) is 0.316. The Hall–Kier alpha value is -2.96. The van der Waals surface area contributed by atoms with Gasteiger partial charge in [-0.05, 0) is 31.2 Å². The predicted octanol–water partition coefficient (Wildman–Crippen LogP) is 2.03. The number of hydrogen-bond donors (Lipinski definition) is 0. The second kappa shape index (κ2) is 7.95. The summed E-state index contributed by atoms with van der Waals surface area (Å²) in [6, 6.07) is 9.91. The number of carbonyl (C=O) groups is 2. The van der Waals surface area contributed by atoms with E-state index in [2.05, 4.69) is 4.98 Å². The lowest BCUT2D eigenvalue weighted by atomic mass is 10.2. The molecule has 1 fully saturated rings. The molecule has 0 aliphatic carbocycles. The van der Waals surface area contributed by atoms with Gasteiger partial charge >= 0.3 is 5.97 Å². The lowest BCUT2D eigenvalue weighted by Gasteiger charge is -2.36. The van der Waals surface area contributed by atoms with Crippen LogP contribution >= 0.6 is 0 Å². The molecule has 1 aliphatic rings. The molecule has 1 aromatic carbocycles. The molecule has 2 heterocycles. The molecule has 0 saturated carbocycles. The van der Waals surface area contributed by atoms with Crippen LogP contribution in [0.1, 0.15) is 16.1 Å². The molecular weight excluding hydrogens is 337 g/mol. The van der Waals surface area contributed by atoms with Crippen molar-refractivity contribution in [3.8, 4) is 0 Å². The second-order valence-corrected chi connectivity index (χ2v) is 6.08.